The predicted octanol–water partition coefficient (Wildman–Crippen LogP) is 4.86. The topological polar surface area (TPSA) is 17.1 Å². The fraction of sp³-hybridized carbons (Fsp3) is 0.235. The van der Waals surface area contributed by atoms with E-state index in [1.807, 2.05) is 19.9 Å². The Labute approximate surface area is 117 Å². The van der Waals surface area contributed by atoms with Crippen molar-refractivity contribution in [3.8, 4) is 11.1 Å². The van der Waals surface area contributed by atoms with Crippen LogP contribution in [0.4, 0.5) is 8.78 Å². The van der Waals surface area contributed by atoms with E-state index in [9.17, 15) is 13.6 Å². The van der Waals surface area contributed by atoms with Gasteiger partial charge in [-0.1, -0.05) is 50.2 Å². The normalized spacial score (nSPS) is 10.8. The number of benzene rings is 2. The number of halogens is 2. The van der Waals surface area contributed by atoms with Crippen LogP contribution in [0.2, 0.25) is 0 Å². The Morgan fingerprint density at radius 2 is 1.70 bits per heavy atom. The van der Waals surface area contributed by atoms with Gasteiger partial charge in [0.1, 0.15) is 0 Å². The van der Waals surface area contributed by atoms with Crippen LogP contribution in [0, 0.1) is 17.6 Å². The zero-order valence-electron chi connectivity index (χ0n) is 11.5. The zero-order chi connectivity index (χ0) is 14.7. The van der Waals surface area contributed by atoms with E-state index in [1.165, 1.54) is 6.07 Å². The highest BCUT2D eigenvalue weighted by molar-refractivity contribution is 6.02. The molecule has 0 saturated carbocycles. The van der Waals surface area contributed by atoms with Crippen LogP contribution < -0.4 is 0 Å². The van der Waals surface area contributed by atoms with E-state index in [4.69, 9.17) is 0 Å². The number of rotatable bonds is 4. The molecule has 20 heavy (non-hydrogen) atoms. The van der Waals surface area contributed by atoms with Crippen molar-refractivity contribution >= 4 is 5.78 Å². The molecule has 0 aliphatic carbocycles. The summed E-state index contributed by atoms with van der Waals surface area (Å²) in [6.45, 7) is 3.74. The van der Waals surface area contributed by atoms with Crippen molar-refractivity contribution in [3.63, 3.8) is 0 Å². The summed E-state index contributed by atoms with van der Waals surface area (Å²) in [5, 5.41) is 0. The highest BCUT2D eigenvalue weighted by Gasteiger charge is 2.21. The van der Waals surface area contributed by atoms with Gasteiger partial charge in [-0.2, -0.15) is 0 Å². The Kier molecular flexibility index (Phi) is 4.28. The first-order valence-corrected chi connectivity index (χ1v) is 6.57. The van der Waals surface area contributed by atoms with Gasteiger partial charge in [0, 0.05) is 6.42 Å². The summed E-state index contributed by atoms with van der Waals surface area (Å²) >= 11 is 0. The lowest BCUT2D eigenvalue weighted by atomic mass is 9.92. The van der Waals surface area contributed by atoms with E-state index >= 15 is 0 Å². The lowest BCUT2D eigenvalue weighted by Crippen LogP contribution is -2.09. The number of carbonyl (C=O) groups is 1. The van der Waals surface area contributed by atoms with E-state index in [2.05, 4.69) is 0 Å². The second-order valence-electron chi connectivity index (χ2n) is 5.17. The van der Waals surface area contributed by atoms with E-state index < -0.39 is 11.6 Å². The van der Waals surface area contributed by atoms with Gasteiger partial charge in [0.2, 0.25) is 0 Å². The zero-order valence-corrected chi connectivity index (χ0v) is 11.5. The quantitative estimate of drug-likeness (QED) is 0.728. The van der Waals surface area contributed by atoms with Crippen LogP contribution in [0.3, 0.4) is 0 Å². The smallest absolute Gasteiger partial charge is 0.170 e. The lowest BCUT2D eigenvalue weighted by molar-refractivity contribution is 0.0963. The minimum atomic E-state index is -1.06. The fourth-order valence-corrected chi connectivity index (χ4v) is 2.15. The van der Waals surface area contributed by atoms with Gasteiger partial charge >= 0.3 is 0 Å². The van der Waals surface area contributed by atoms with Crippen molar-refractivity contribution in [2.75, 3.05) is 0 Å². The molecule has 0 amide bonds. The van der Waals surface area contributed by atoms with Crippen molar-refractivity contribution in [1.29, 1.82) is 0 Å². The Hall–Kier alpha value is -2.03. The average Bonchev–Trinajstić information content (AvgIpc) is 2.41. The third-order valence-electron chi connectivity index (χ3n) is 3.05. The van der Waals surface area contributed by atoms with Gasteiger partial charge in [0.15, 0.2) is 17.4 Å². The molecule has 2 aromatic carbocycles. The summed E-state index contributed by atoms with van der Waals surface area (Å²) in [6.07, 6.45) is 0.195. The number of hydrogen-bond donors (Lipinski definition) is 0. The highest BCUT2D eigenvalue weighted by Crippen LogP contribution is 2.29. The Morgan fingerprint density at radius 3 is 2.30 bits per heavy atom. The number of ketones is 1. The summed E-state index contributed by atoms with van der Waals surface area (Å²) in [6, 6.07) is 11.5. The van der Waals surface area contributed by atoms with Crippen LogP contribution in [0.15, 0.2) is 42.5 Å². The molecule has 0 heterocycles. The van der Waals surface area contributed by atoms with Crippen LogP contribution in [0.25, 0.3) is 11.1 Å². The summed E-state index contributed by atoms with van der Waals surface area (Å²) < 4.78 is 27.5. The molecule has 0 fully saturated rings. The molecule has 0 radical (unpaired) electrons. The Bertz CT molecular complexity index is 618. The highest BCUT2D eigenvalue weighted by atomic mass is 19.2. The molecule has 0 aliphatic rings. The molecular formula is C17H16F2O. The van der Waals surface area contributed by atoms with Gasteiger partial charge < -0.3 is 0 Å². The maximum Gasteiger partial charge on any atom is 0.170 e. The maximum atomic E-state index is 14.1. The molecule has 2 aromatic rings. The SMILES string of the molecule is CC(C)CC(=O)c1c(-c2ccccc2)ccc(F)c1F. The molecule has 0 spiro atoms. The molecule has 0 aromatic heterocycles. The van der Waals surface area contributed by atoms with E-state index in [0.717, 1.165) is 6.07 Å². The van der Waals surface area contributed by atoms with E-state index in [0.29, 0.717) is 11.1 Å². The summed E-state index contributed by atoms with van der Waals surface area (Å²) in [4.78, 5) is 12.2. The number of carbonyl (C=O) groups excluding carboxylic acids is 1. The van der Waals surface area contributed by atoms with Gasteiger partial charge in [0.05, 0.1) is 5.56 Å². The first-order chi connectivity index (χ1) is 9.50. The van der Waals surface area contributed by atoms with Gasteiger partial charge in [-0.3, -0.25) is 4.79 Å². The monoisotopic (exact) mass is 274 g/mol. The molecule has 3 heteroatoms. The molecule has 2 rings (SSSR count). The third kappa shape index (κ3) is 2.93. The average molecular weight is 274 g/mol. The first kappa shape index (κ1) is 14.4. The number of Topliss-reactive ketones (excluding diaryl/α,β-unsaturated/α-hetero) is 1. The van der Waals surface area contributed by atoms with Crippen molar-refractivity contribution in [3.05, 3.63) is 59.7 Å². The molecule has 1 nitrogen and oxygen atoms in total. The Balaban J connectivity index is 2.58. The molecule has 104 valence electrons. The van der Waals surface area contributed by atoms with Crippen LogP contribution >= 0.6 is 0 Å². The van der Waals surface area contributed by atoms with Crippen LogP contribution in [0.5, 0.6) is 0 Å². The van der Waals surface area contributed by atoms with Crippen molar-refractivity contribution in [2.24, 2.45) is 5.92 Å². The minimum Gasteiger partial charge on any atom is -0.294 e. The molecule has 0 atom stereocenters. The summed E-state index contributed by atoms with van der Waals surface area (Å²) in [5.74, 6) is -2.32. The second kappa shape index (κ2) is 5.95. The van der Waals surface area contributed by atoms with Crippen molar-refractivity contribution in [2.45, 2.75) is 20.3 Å². The van der Waals surface area contributed by atoms with Crippen LogP contribution in [-0.2, 0) is 0 Å². The fourth-order valence-electron chi connectivity index (χ4n) is 2.15. The molecule has 0 saturated heterocycles. The molecular weight excluding hydrogens is 258 g/mol. The lowest BCUT2D eigenvalue weighted by Gasteiger charge is -2.12. The van der Waals surface area contributed by atoms with Crippen molar-refractivity contribution in [1.82, 2.24) is 0 Å². The second-order valence-corrected chi connectivity index (χ2v) is 5.17. The number of hydrogen-bond acceptors (Lipinski definition) is 1. The summed E-state index contributed by atoms with van der Waals surface area (Å²) in [7, 11) is 0. The van der Waals surface area contributed by atoms with E-state index in [1.54, 1.807) is 24.3 Å². The van der Waals surface area contributed by atoms with E-state index in [-0.39, 0.29) is 23.7 Å². The molecule has 0 unspecified atom stereocenters. The van der Waals surface area contributed by atoms with Crippen LogP contribution in [-0.4, -0.2) is 5.78 Å². The standard InChI is InChI=1S/C17H16F2O/c1-11(2)10-15(20)16-13(8-9-14(18)17(16)19)12-6-4-3-5-7-12/h3-9,11H,10H2,1-2H3. The molecule has 0 aliphatic heterocycles. The van der Waals surface area contributed by atoms with Gasteiger partial charge in [-0.15, -0.1) is 0 Å². The minimum absolute atomic E-state index is 0.0915. The Morgan fingerprint density at radius 1 is 1.05 bits per heavy atom. The maximum absolute atomic E-state index is 14.1. The first-order valence-electron chi connectivity index (χ1n) is 6.57. The molecule has 0 N–H and O–H groups in total. The largest absolute Gasteiger partial charge is 0.294 e. The van der Waals surface area contributed by atoms with Gasteiger partial charge in [-0.05, 0) is 23.1 Å². The predicted molar refractivity (Wildman–Crippen MR) is 75.6 cm³/mol. The van der Waals surface area contributed by atoms with Crippen molar-refractivity contribution < 1.29 is 13.6 Å². The summed E-state index contributed by atoms with van der Waals surface area (Å²) in [5.41, 5.74) is 0.999. The third-order valence-corrected chi connectivity index (χ3v) is 3.05. The van der Waals surface area contributed by atoms with Gasteiger partial charge in [-0.25, -0.2) is 8.78 Å². The molecule has 0 bridgehead atoms. The van der Waals surface area contributed by atoms with Crippen LogP contribution in [0.1, 0.15) is 30.6 Å². The van der Waals surface area contributed by atoms with Gasteiger partial charge in [0.25, 0.3) is 0 Å².